The molecule has 1 aromatic carbocycles. The van der Waals surface area contributed by atoms with Crippen LogP contribution in [0.3, 0.4) is 0 Å². The Morgan fingerprint density at radius 1 is 1.06 bits per heavy atom. The molecule has 0 bridgehead atoms. The molecule has 11 heteroatoms. The summed E-state index contributed by atoms with van der Waals surface area (Å²) in [6, 6.07) is 9.47. The molecule has 2 saturated heterocycles. The zero-order chi connectivity index (χ0) is 24.2. The lowest BCUT2D eigenvalue weighted by atomic mass is 10.2. The number of rotatable bonds is 7. The zero-order valence-corrected chi connectivity index (χ0v) is 20.0. The number of ether oxygens (including phenoxy) is 1. The Morgan fingerprint density at radius 3 is 2.51 bits per heavy atom. The summed E-state index contributed by atoms with van der Waals surface area (Å²) in [6.07, 6.45) is 3.49. The van der Waals surface area contributed by atoms with Crippen molar-refractivity contribution in [2.24, 2.45) is 0 Å². The second-order valence-electron chi connectivity index (χ2n) is 8.50. The smallest absolute Gasteiger partial charge is 0.289 e. The van der Waals surface area contributed by atoms with Gasteiger partial charge in [-0.3, -0.25) is 14.2 Å². The number of aromatic nitrogens is 3. The largest absolute Gasteiger partial charge is 0.459 e. The first-order chi connectivity index (χ1) is 17.1. The minimum absolute atomic E-state index is 0.0184. The van der Waals surface area contributed by atoms with Gasteiger partial charge in [-0.05, 0) is 49.2 Å². The number of benzene rings is 1. The third-order valence-electron chi connectivity index (χ3n) is 6.21. The Kier molecular flexibility index (Phi) is 7.14. The van der Waals surface area contributed by atoms with E-state index in [0.717, 1.165) is 25.0 Å². The molecule has 2 fully saturated rings. The summed E-state index contributed by atoms with van der Waals surface area (Å²) in [7, 11) is 0. The molecule has 0 saturated carbocycles. The molecule has 9 nitrogen and oxygen atoms in total. The monoisotopic (exact) mass is 499 g/mol. The first-order valence-electron chi connectivity index (χ1n) is 11.6. The Hall–Kier alpha value is -3.18. The number of hydrogen-bond acceptors (Lipinski definition) is 7. The lowest BCUT2D eigenvalue weighted by Gasteiger charge is -2.34. The summed E-state index contributed by atoms with van der Waals surface area (Å²) < 4.78 is 26.4. The molecular formula is C24H26FN5O4S. The first kappa shape index (κ1) is 23.6. The molecule has 0 radical (unpaired) electrons. The maximum absolute atomic E-state index is 13.4. The van der Waals surface area contributed by atoms with Crippen molar-refractivity contribution in [1.29, 1.82) is 0 Å². The van der Waals surface area contributed by atoms with Crippen LogP contribution in [0.5, 0.6) is 0 Å². The fourth-order valence-corrected chi connectivity index (χ4v) is 5.15. The minimum Gasteiger partial charge on any atom is -0.459 e. The maximum atomic E-state index is 13.4. The Morgan fingerprint density at radius 2 is 1.83 bits per heavy atom. The fourth-order valence-electron chi connectivity index (χ4n) is 4.30. The van der Waals surface area contributed by atoms with Crippen molar-refractivity contribution in [2.45, 2.75) is 30.6 Å². The van der Waals surface area contributed by atoms with E-state index in [9.17, 15) is 14.0 Å². The van der Waals surface area contributed by atoms with Gasteiger partial charge in [0, 0.05) is 38.3 Å². The summed E-state index contributed by atoms with van der Waals surface area (Å²) in [4.78, 5) is 28.8. The molecule has 0 N–H and O–H groups in total. The lowest BCUT2D eigenvalue weighted by molar-refractivity contribution is -0.129. The van der Waals surface area contributed by atoms with Crippen LogP contribution < -0.4 is 0 Å². The summed E-state index contributed by atoms with van der Waals surface area (Å²) in [6.45, 7) is 3.15. The van der Waals surface area contributed by atoms with E-state index < -0.39 is 0 Å². The van der Waals surface area contributed by atoms with Crippen molar-refractivity contribution in [1.82, 2.24) is 24.6 Å². The highest BCUT2D eigenvalue weighted by molar-refractivity contribution is 7.99. The molecule has 5 rings (SSSR count). The Labute approximate surface area is 206 Å². The van der Waals surface area contributed by atoms with Crippen LogP contribution in [-0.4, -0.2) is 81.0 Å². The predicted molar refractivity (Wildman–Crippen MR) is 126 cm³/mol. The highest BCUT2D eigenvalue weighted by atomic mass is 32.2. The molecule has 184 valence electrons. The average Bonchev–Trinajstić information content (AvgIpc) is 3.66. The number of carbonyl (C=O) groups is 2. The van der Waals surface area contributed by atoms with Gasteiger partial charge >= 0.3 is 0 Å². The number of furan rings is 1. The van der Waals surface area contributed by atoms with Gasteiger partial charge in [-0.25, -0.2) is 4.39 Å². The maximum Gasteiger partial charge on any atom is 0.289 e. The van der Waals surface area contributed by atoms with Crippen LogP contribution in [0.2, 0.25) is 0 Å². The van der Waals surface area contributed by atoms with Gasteiger partial charge in [0.1, 0.15) is 5.82 Å². The van der Waals surface area contributed by atoms with E-state index in [4.69, 9.17) is 9.15 Å². The summed E-state index contributed by atoms with van der Waals surface area (Å²) >= 11 is 1.33. The van der Waals surface area contributed by atoms with Crippen LogP contribution in [0.1, 0.15) is 23.4 Å². The van der Waals surface area contributed by atoms with E-state index in [1.165, 1.54) is 30.2 Å². The number of hydrogen-bond donors (Lipinski definition) is 0. The molecule has 2 aliphatic heterocycles. The molecule has 0 aliphatic carbocycles. The van der Waals surface area contributed by atoms with E-state index in [0.29, 0.717) is 49.5 Å². The highest BCUT2D eigenvalue weighted by Gasteiger charge is 2.27. The molecule has 2 amide bonds. The lowest BCUT2D eigenvalue weighted by Crippen LogP contribution is -2.51. The van der Waals surface area contributed by atoms with E-state index in [1.807, 2.05) is 4.57 Å². The standard InChI is InChI=1S/C24H26FN5O4S/c25-18-7-5-17(6-8-18)22-26-27-24(30(22)15-19-3-1-13-33-19)35-16-21(31)28-9-11-29(12-10-28)23(32)20-4-2-14-34-20/h2,4-8,14,19H,1,3,9-13,15-16H2. The number of nitrogens with zero attached hydrogens (tertiary/aromatic N) is 5. The molecule has 1 atom stereocenters. The third kappa shape index (κ3) is 5.40. The molecule has 1 unspecified atom stereocenters. The third-order valence-corrected chi connectivity index (χ3v) is 7.16. The molecule has 0 spiro atoms. The van der Waals surface area contributed by atoms with Gasteiger partial charge in [0.15, 0.2) is 16.7 Å². The molecule has 35 heavy (non-hydrogen) atoms. The van der Waals surface area contributed by atoms with Crippen molar-refractivity contribution >= 4 is 23.6 Å². The SMILES string of the molecule is O=C(CSc1nnc(-c2ccc(F)cc2)n1CC1CCCO1)N1CCN(C(=O)c2ccco2)CC1. The van der Waals surface area contributed by atoms with Crippen LogP contribution in [0.15, 0.2) is 52.2 Å². The molecule has 2 aliphatic rings. The minimum atomic E-state index is -0.315. The number of amides is 2. The summed E-state index contributed by atoms with van der Waals surface area (Å²) in [5, 5.41) is 9.29. The normalized spacial score (nSPS) is 18.3. The Bertz CT molecular complexity index is 1150. The summed E-state index contributed by atoms with van der Waals surface area (Å²) in [5.74, 6) is 0.648. The molecule has 2 aromatic heterocycles. The predicted octanol–water partition coefficient (Wildman–Crippen LogP) is 2.93. The summed E-state index contributed by atoms with van der Waals surface area (Å²) in [5.41, 5.74) is 0.757. The van der Waals surface area contributed by atoms with Gasteiger partial charge in [0.05, 0.1) is 24.7 Å². The van der Waals surface area contributed by atoms with Gasteiger partial charge in [0.25, 0.3) is 5.91 Å². The van der Waals surface area contributed by atoms with Crippen LogP contribution in [0.25, 0.3) is 11.4 Å². The van der Waals surface area contributed by atoms with Gasteiger partial charge in [-0.1, -0.05) is 11.8 Å². The fraction of sp³-hybridized carbons (Fsp3) is 0.417. The Balaban J connectivity index is 1.22. The second kappa shape index (κ2) is 10.6. The molecule has 3 aromatic rings. The van der Waals surface area contributed by atoms with Gasteiger partial charge < -0.3 is 19.0 Å². The quantitative estimate of drug-likeness (QED) is 0.462. The molecule has 4 heterocycles. The van der Waals surface area contributed by atoms with Crippen molar-refractivity contribution < 1.29 is 23.1 Å². The number of carbonyl (C=O) groups excluding carboxylic acids is 2. The topological polar surface area (TPSA) is 93.7 Å². The van der Waals surface area contributed by atoms with E-state index in [-0.39, 0.29) is 29.5 Å². The highest BCUT2D eigenvalue weighted by Crippen LogP contribution is 2.27. The number of thioether (sulfide) groups is 1. The number of piperazine rings is 1. The van der Waals surface area contributed by atoms with Gasteiger partial charge in [0.2, 0.25) is 5.91 Å². The van der Waals surface area contributed by atoms with Crippen molar-refractivity contribution in [2.75, 3.05) is 38.5 Å². The van der Waals surface area contributed by atoms with Crippen LogP contribution >= 0.6 is 11.8 Å². The van der Waals surface area contributed by atoms with Crippen LogP contribution in [0.4, 0.5) is 4.39 Å². The zero-order valence-electron chi connectivity index (χ0n) is 19.1. The van der Waals surface area contributed by atoms with Gasteiger partial charge in [-0.15, -0.1) is 10.2 Å². The van der Waals surface area contributed by atoms with Crippen molar-refractivity contribution in [3.63, 3.8) is 0 Å². The van der Waals surface area contributed by atoms with Gasteiger partial charge in [-0.2, -0.15) is 0 Å². The molecular weight excluding hydrogens is 473 g/mol. The van der Waals surface area contributed by atoms with E-state index in [1.54, 1.807) is 34.1 Å². The van der Waals surface area contributed by atoms with E-state index >= 15 is 0 Å². The second-order valence-corrected chi connectivity index (χ2v) is 9.44. The van der Waals surface area contributed by atoms with Crippen molar-refractivity contribution in [3.8, 4) is 11.4 Å². The van der Waals surface area contributed by atoms with Crippen LogP contribution in [0, 0.1) is 5.82 Å². The van der Waals surface area contributed by atoms with E-state index in [2.05, 4.69) is 10.2 Å². The number of halogens is 1. The first-order valence-corrected chi connectivity index (χ1v) is 12.6. The van der Waals surface area contributed by atoms with Crippen molar-refractivity contribution in [3.05, 3.63) is 54.2 Å². The average molecular weight is 500 g/mol. The van der Waals surface area contributed by atoms with Crippen LogP contribution in [-0.2, 0) is 16.1 Å².